The van der Waals surface area contributed by atoms with Crippen molar-refractivity contribution in [2.24, 2.45) is 0 Å². The lowest BCUT2D eigenvalue weighted by molar-refractivity contribution is -0.115. The Morgan fingerprint density at radius 2 is 1.92 bits per heavy atom. The number of hydrogen-bond donors (Lipinski definition) is 1. The molecule has 1 amide bonds. The van der Waals surface area contributed by atoms with Crippen LogP contribution in [0.15, 0.2) is 66.2 Å². The number of rotatable bonds is 5. The number of thiazole rings is 1. The highest BCUT2D eigenvalue weighted by Crippen LogP contribution is 2.24. The van der Waals surface area contributed by atoms with Gasteiger partial charge in [0.25, 0.3) is 0 Å². The monoisotopic (exact) mass is 363 g/mol. The maximum absolute atomic E-state index is 12.4. The Morgan fingerprint density at radius 3 is 2.65 bits per heavy atom. The largest absolute Gasteiger partial charge is 0.497 e. The van der Waals surface area contributed by atoms with Crippen molar-refractivity contribution in [1.29, 1.82) is 0 Å². The molecule has 0 fully saturated rings. The van der Waals surface area contributed by atoms with Crippen molar-refractivity contribution in [3.63, 3.8) is 0 Å². The van der Waals surface area contributed by atoms with Gasteiger partial charge in [0.15, 0.2) is 4.96 Å². The van der Waals surface area contributed by atoms with Crippen LogP contribution in [0.5, 0.6) is 5.75 Å². The van der Waals surface area contributed by atoms with Gasteiger partial charge in [0.1, 0.15) is 5.75 Å². The first-order chi connectivity index (χ1) is 12.7. The van der Waals surface area contributed by atoms with Gasteiger partial charge in [-0.05, 0) is 24.3 Å². The number of imidazole rings is 1. The summed E-state index contributed by atoms with van der Waals surface area (Å²) in [6, 6.07) is 17.3. The summed E-state index contributed by atoms with van der Waals surface area (Å²) in [5.74, 6) is 0.694. The Kier molecular flexibility index (Phi) is 4.41. The maximum atomic E-state index is 12.4. The zero-order valence-electron chi connectivity index (χ0n) is 14.2. The number of aromatic nitrogens is 2. The lowest BCUT2D eigenvalue weighted by Crippen LogP contribution is -2.15. The highest BCUT2D eigenvalue weighted by molar-refractivity contribution is 7.15. The minimum atomic E-state index is -0.0650. The number of carbonyl (C=O) groups is 1. The number of benzene rings is 2. The number of anilines is 1. The second-order valence-electron chi connectivity index (χ2n) is 5.83. The topological polar surface area (TPSA) is 55.6 Å². The van der Waals surface area contributed by atoms with Gasteiger partial charge in [0.05, 0.1) is 19.2 Å². The Morgan fingerprint density at radius 1 is 1.15 bits per heavy atom. The van der Waals surface area contributed by atoms with Gasteiger partial charge in [-0.1, -0.05) is 30.3 Å². The molecule has 0 bridgehead atoms. The molecule has 1 N–H and O–H groups in total. The molecule has 0 saturated heterocycles. The number of carbonyl (C=O) groups excluding carboxylic acids is 1. The molecule has 0 radical (unpaired) electrons. The minimum absolute atomic E-state index is 0.0650. The van der Waals surface area contributed by atoms with Crippen molar-refractivity contribution in [2.45, 2.75) is 6.42 Å². The summed E-state index contributed by atoms with van der Waals surface area (Å²) in [5, 5.41) is 4.89. The molecule has 2 aromatic carbocycles. The quantitative estimate of drug-likeness (QED) is 0.577. The standard InChI is InChI=1S/C20H17N3O2S/c1-25-17-9-7-15(8-10-17)21-19(24)11-16-13-26-20-22-18(12-23(16)20)14-5-3-2-4-6-14/h2-10,12-13H,11H2,1H3,(H,21,24). The zero-order chi connectivity index (χ0) is 17.9. The van der Waals surface area contributed by atoms with E-state index < -0.39 is 0 Å². The number of amides is 1. The summed E-state index contributed by atoms with van der Waals surface area (Å²) in [4.78, 5) is 17.9. The Labute approximate surface area is 154 Å². The first kappa shape index (κ1) is 16.4. The molecule has 4 aromatic rings. The molecule has 0 aliphatic rings. The molecule has 0 aliphatic heterocycles. The third-order valence-corrected chi connectivity index (χ3v) is 4.96. The second kappa shape index (κ2) is 7.01. The molecule has 0 unspecified atom stereocenters. The number of nitrogens with zero attached hydrogens (tertiary/aromatic N) is 2. The van der Waals surface area contributed by atoms with Crippen molar-refractivity contribution in [3.8, 4) is 17.0 Å². The third kappa shape index (κ3) is 3.32. The average Bonchev–Trinajstić information content (AvgIpc) is 3.25. The molecule has 0 spiro atoms. The van der Waals surface area contributed by atoms with Crippen molar-refractivity contribution in [3.05, 3.63) is 71.9 Å². The highest BCUT2D eigenvalue weighted by atomic mass is 32.1. The van der Waals surface area contributed by atoms with E-state index in [0.717, 1.165) is 33.3 Å². The van der Waals surface area contributed by atoms with E-state index in [0.29, 0.717) is 0 Å². The molecule has 0 atom stereocenters. The van der Waals surface area contributed by atoms with Gasteiger partial charge in [0, 0.05) is 28.5 Å². The molecular formula is C20H17N3O2S. The summed E-state index contributed by atoms with van der Waals surface area (Å²) in [6.45, 7) is 0. The van der Waals surface area contributed by atoms with E-state index >= 15 is 0 Å². The lowest BCUT2D eigenvalue weighted by Gasteiger charge is -2.06. The van der Waals surface area contributed by atoms with Crippen LogP contribution in [0.1, 0.15) is 5.69 Å². The molecule has 2 aromatic heterocycles. The third-order valence-electron chi connectivity index (χ3n) is 4.07. The van der Waals surface area contributed by atoms with Gasteiger partial charge in [-0.2, -0.15) is 0 Å². The predicted molar refractivity (Wildman–Crippen MR) is 104 cm³/mol. The Hall–Kier alpha value is -3.12. The highest BCUT2D eigenvalue weighted by Gasteiger charge is 2.12. The maximum Gasteiger partial charge on any atom is 0.230 e. The fraction of sp³-hybridized carbons (Fsp3) is 0.100. The summed E-state index contributed by atoms with van der Waals surface area (Å²) in [6.07, 6.45) is 2.27. The van der Waals surface area contributed by atoms with Gasteiger partial charge >= 0.3 is 0 Å². The van der Waals surface area contributed by atoms with Crippen molar-refractivity contribution < 1.29 is 9.53 Å². The summed E-state index contributed by atoms with van der Waals surface area (Å²) in [5.41, 5.74) is 3.65. The van der Waals surface area contributed by atoms with Crippen LogP contribution in [0.2, 0.25) is 0 Å². The fourth-order valence-corrected chi connectivity index (χ4v) is 3.62. The van der Waals surface area contributed by atoms with E-state index in [-0.39, 0.29) is 12.3 Å². The van der Waals surface area contributed by atoms with Gasteiger partial charge < -0.3 is 10.1 Å². The SMILES string of the molecule is COc1ccc(NC(=O)Cc2csc3nc(-c4ccccc4)cn23)cc1. The molecule has 0 saturated carbocycles. The second-order valence-corrected chi connectivity index (χ2v) is 6.66. The van der Waals surface area contributed by atoms with Gasteiger partial charge in [0.2, 0.25) is 5.91 Å². The van der Waals surface area contributed by atoms with Crippen LogP contribution in [-0.4, -0.2) is 22.4 Å². The van der Waals surface area contributed by atoms with Crippen molar-refractivity contribution in [2.75, 3.05) is 12.4 Å². The number of methoxy groups -OCH3 is 1. The zero-order valence-corrected chi connectivity index (χ0v) is 15.0. The molecule has 2 heterocycles. The Bertz CT molecular complexity index is 1040. The van der Waals surface area contributed by atoms with Gasteiger partial charge in [-0.3, -0.25) is 9.20 Å². The summed E-state index contributed by atoms with van der Waals surface area (Å²) >= 11 is 1.54. The van der Waals surface area contributed by atoms with Gasteiger partial charge in [-0.15, -0.1) is 11.3 Å². The number of nitrogens with one attached hydrogen (secondary N) is 1. The Balaban J connectivity index is 1.51. The van der Waals surface area contributed by atoms with E-state index in [2.05, 4.69) is 10.3 Å². The van der Waals surface area contributed by atoms with E-state index in [1.165, 1.54) is 11.3 Å². The summed E-state index contributed by atoms with van der Waals surface area (Å²) in [7, 11) is 1.62. The van der Waals surface area contributed by atoms with Crippen LogP contribution in [-0.2, 0) is 11.2 Å². The predicted octanol–water partition coefficient (Wildman–Crippen LogP) is 4.25. The average molecular weight is 363 g/mol. The molecule has 130 valence electrons. The molecule has 5 nitrogen and oxygen atoms in total. The van der Waals surface area contributed by atoms with E-state index in [4.69, 9.17) is 4.74 Å². The van der Waals surface area contributed by atoms with Crippen LogP contribution in [0, 0.1) is 0 Å². The molecule has 6 heteroatoms. The smallest absolute Gasteiger partial charge is 0.230 e. The van der Waals surface area contributed by atoms with Crippen molar-refractivity contribution in [1.82, 2.24) is 9.38 Å². The number of fused-ring (bicyclic) bond motifs is 1. The molecule has 4 rings (SSSR count). The molecule has 26 heavy (non-hydrogen) atoms. The molecule has 0 aliphatic carbocycles. The van der Waals surface area contributed by atoms with Crippen molar-refractivity contribution >= 4 is 27.9 Å². The van der Waals surface area contributed by atoms with Crippen LogP contribution in [0.4, 0.5) is 5.69 Å². The number of ether oxygens (including phenoxy) is 1. The van der Waals surface area contributed by atoms with E-state index in [1.54, 1.807) is 7.11 Å². The first-order valence-electron chi connectivity index (χ1n) is 8.18. The minimum Gasteiger partial charge on any atom is -0.497 e. The van der Waals surface area contributed by atoms with Crippen LogP contribution in [0.25, 0.3) is 16.2 Å². The molecular weight excluding hydrogens is 346 g/mol. The fourth-order valence-electron chi connectivity index (χ4n) is 2.75. The van der Waals surface area contributed by atoms with E-state index in [1.807, 2.05) is 70.6 Å². The first-order valence-corrected chi connectivity index (χ1v) is 9.06. The lowest BCUT2D eigenvalue weighted by atomic mass is 10.2. The van der Waals surface area contributed by atoms with Gasteiger partial charge in [-0.25, -0.2) is 4.98 Å². The van der Waals surface area contributed by atoms with Crippen LogP contribution < -0.4 is 10.1 Å². The summed E-state index contributed by atoms with van der Waals surface area (Å²) < 4.78 is 7.11. The van der Waals surface area contributed by atoms with Crippen LogP contribution >= 0.6 is 11.3 Å². The van der Waals surface area contributed by atoms with Crippen LogP contribution in [0.3, 0.4) is 0 Å². The van der Waals surface area contributed by atoms with E-state index in [9.17, 15) is 4.79 Å². The normalized spacial score (nSPS) is 10.8. The number of hydrogen-bond acceptors (Lipinski definition) is 4.